The molecule has 1 saturated carbocycles. The normalized spacial score (nSPS) is 16.6. The summed E-state index contributed by atoms with van der Waals surface area (Å²) >= 11 is 1.57. The third-order valence-corrected chi connectivity index (χ3v) is 4.40. The summed E-state index contributed by atoms with van der Waals surface area (Å²) in [5.74, 6) is 1.37. The van der Waals surface area contributed by atoms with Crippen LogP contribution in [0.15, 0.2) is 23.6 Å². The average molecular weight is 274 g/mol. The fourth-order valence-corrected chi connectivity index (χ4v) is 2.95. The van der Waals surface area contributed by atoms with E-state index in [1.165, 1.54) is 18.5 Å². The Kier molecular flexibility index (Phi) is 3.31. The highest BCUT2D eigenvalue weighted by atomic mass is 32.2. The Morgan fingerprint density at radius 2 is 2.21 bits per heavy atom. The first-order valence-corrected chi connectivity index (χ1v) is 7.82. The number of aromatic nitrogens is 4. The van der Waals surface area contributed by atoms with Gasteiger partial charge in [0.1, 0.15) is 0 Å². The van der Waals surface area contributed by atoms with E-state index in [1.807, 2.05) is 36.4 Å². The first kappa shape index (κ1) is 12.7. The fourth-order valence-electron chi connectivity index (χ4n) is 2.59. The van der Waals surface area contributed by atoms with Crippen LogP contribution in [0.2, 0.25) is 0 Å². The zero-order valence-electron chi connectivity index (χ0n) is 11.5. The van der Waals surface area contributed by atoms with Crippen LogP contribution in [-0.2, 0) is 7.05 Å². The van der Waals surface area contributed by atoms with E-state index in [-0.39, 0.29) is 0 Å². The van der Waals surface area contributed by atoms with Gasteiger partial charge >= 0.3 is 0 Å². The first-order valence-electron chi connectivity index (χ1n) is 6.60. The van der Waals surface area contributed by atoms with Crippen molar-refractivity contribution in [2.75, 3.05) is 6.26 Å². The highest BCUT2D eigenvalue weighted by Gasteiger charge is 2.32. The topological polar surface area (TPSA) is 43.6 Å². The maximum absolute atomic E-state index is 4.60. The van der Waals surface area contributed by atoms with Gasteiger partial charge in [0, 0.05) is 24.7 Å². The summed E-state index contributed by atoms with van der Waals surface area (Å²) in [6, 6.07) is 1.97. The molecular formula is C14H18N4S. The quantitative estimate of drug-likeness (QED) is 0.634. The number of aryl methyl sites for hydroxylation is 1. The third kappa shape index (κ3) is 2.39. The van der Waals surface area contributed by atoms with Gasteiger partial charge in [-0.25, -0.2) is 9.97 Å². The van der Waals surface area contributed by atoms with Crippen LogP contribution in [0.1, 0.15) is 31.4 Å². The van der Waals surface area contributed by atoms with Crippen LogP contribution in [0.5, 0.6) is 0 Å². The maximum Gasteiger partial charge on any atom is 0.187 e. The van der Waals surface area contributed by atoms with Crippen molar-refractivity contribution in [3.05, 3.63) is 24.2 Å². The molecule has 0 spiro atoms. The Bertz CT molecular complexity index is 589. The lowest BCUT2D eigenvalue weighted by atomic mass is 9.97. The van der Waals surface area contributed by atoms with Crippen molar-refractivity contribution in [2.45, 2.75) is 30.8 Å². The Hall–Kier alpha value is -1.36. The summed E-state index contributed by atoms with van der Waals surface area (Å²) in [6.45, 7) is 2.30. The highest BCUT2D eigenvalue weighted by molar-refractivity contribution is 7.98. The molecule has 5 heteroatoms. The van der Waals surface area contributed by atoms with Crippen molar-refractivity contribution in [2.24, 2.45) is 13.0 Å². The summed E-state index contributed by atoms with van der Waals surface area (Å²) in [5, 5.41) is 5.24. The molecule has 1 aliphatic carbocycles. The summed E-state index contributed by atoms with van der Waals surface area (Å²) in [6.07, 6.45) is 8.43. The van der Waals surface area contributed by atoms with Gasteiger partial charge in [0.25, 0.3) is 0 Å². The van der Waals surface area contributed by atoms with Gasteiger partial charge in [0.05, 0.1) is 17.6 Å². The molecule has 0 amide bonds. The molecule has 2 aromatic rings. The molecule has 0 saturated heterocycles. The van der Waals surface area contributed by atoms with Gasteiger partial charge < -0.3 is 0 Å². The van der Waals surface area contributed by atoms with Crippen LogP contribution < -0.4 is 0 Å². The smallest absolute Gasteiger partial charge is 0.187 e. The van der Waals surface area contributed by atoms with Gasteiger partial charge in [-0.15, -0.1) is 0 Å². The minimum Gasteiger partial charge on any atom is -0.272 e. The Morgan fingerprint density at radius 3 is 2.89 bits per heavy atom. The van der Waals surface area contributed by atoms with E-state index in [2.05, 4.69) is 22.0 Å². The van der Waals surface area contributed by atoms with E-state index in [1.54, 1.807) is 11.8 Å². The van der Waals surface area contributed by atoms with Crippen LogP contribution >= 0.6 is 11.8 Å². The van der Waals surface area contributed by atoms with Gasteiger partial charge in [-0.05, 0) is 31.1 Å². The molecule has 1 aliphatic rings. The highest BCUT2D eigenvalue weighted by Crippen LogP contribution is 2.44. The lowest BCUT2D eigenvalue weighted by Gasteiger charge is -2.13. The molecule has 1 atom stereocenters. The molecule has 1 unspecified atom stereocenters. The number of hydrogen-bond acceptors (Lipinski definition) is 4. The van der Waals surface area contributed by atoms with Crippen LogP contribution in [0.4, 0.5) is 0 Å². The molecule has 0 aromatic carbocycles. The maximum atomic E-state index is 4.60. The number of hydrogen-bond donors (Lipinski definition) is 0. The third-order valence-electron chi connectivity index (χ3n) is 3.84. The summed E-state index contributed by atoms with van der Waals surface area (Å²) in [7, 11) is 2.02. The molecule has 0 aliphatic heterocycles. The molecule has 19 heavy (non-hydrogen) atoms. The predicted octanol–water partition coefficient (Wildman–Crippen LogP) is 3.11. The standard InChI is InChI=1S/C14H18N4S/c1-9(10-4-5-10)13-11(8-16-18(13)2)12-6-7-15-14(17-12)19-3/h6-10H,4-5H2,1-3H3. The average Bonchev–Trinajstić information content (AvgIpc) is 3.21. The largest absolute Gasteiger partial charge is 0.272 e. The molecule has 0 N–H and O–H groups in total. The zero-order valence-corrected chi connectivity index (χ0v) is 12.3. The van der Waals surface area contributed by atoms with E-state index < -0.39 is 0 Å². The van der Waals surface area contributed by atoms with Gasteiger partial charge in [0.2, 0.25) is 0 Å². The lowest BCUT2D eigenvalue weighted by Crippen LogP contribution is -2.06. The molecule has 4 nitrogen and oxygen atoms in total. The lowest BCUT2D eigenvalue weighted by molar-refractivity contribution is 0.587. The molecule has 0 radical (unpaired) electrons. The van der Waals surface area contributed by atoms with E-state index in [4.69, 9.17) is 0 Å². The molecule has 3 rings (SSSR count). The second-order valence-corrected chi connectivity index (χ2v) is 5.90. The number of thioether (sulfide) groups is 1. The van der Waals surface area contributed by atoms with E-state index in [9.17, 15) is 0 Å². The van der Waals surface area contributed by atoms with Gasteiger partial charge in [-0.2, -0.15) is 5.10 Å². The molecular weight excluding hydrogens is 256 g/mol. The van der Waals surface area contributed by atoms with Crippen molar-refractivity contribution < 1.29 is 0 Å². The van der Waals surface area contributed by atoms with Crippen LogP contribution in [0, 0.1) is 5.92 Å². The predicted molar refractivity (Wildman–Crippen MR) is 77.2 cm³/mol. The Balaban J connectivity index is 2.04. The molecule has 0 bridgehead atoms. The first-order chi connectivity index (χ1) is 9.20. The number of rotatable bonds is 4. The van der Waals surface area contributed by atoms with Crippen molar-refractivity contribution in [3.63, 3.8) is 0 Å². The minimum atomic E-state index is 0.551. The second kappa shape index (κ2) is 4.96. The van der Waals surface area contributed by atoms with Crippen LogP contribution in [0.25, 0.3) is 11.3 Å². The molecule has 2 heterocycles. The fraction of sp³-hybridized carbons (Fsp3) is 0.500. The van der Waals surface area contributed by atoms with Crippen LogP contribution in [-0.4, -0.2) is 26.0 Å². The summed E-state index contributed by atoms with van der Waals surface area (Å²) < 4.78 is 2.00. The Labute approximate surface area is 117 Å². The Morgan fingerprint density at radius 1 is 1.42 bits per heavy atom. The van der Waals surface area contributed by atoms with Gasteiger partial charge in [-0.3, -0.25) is 4.68 Å². The van der Waals surface area contributed by atoms with E-state index >= 15 is 0 Å². The van der Waals surface area contributed by atoms with Crippen molar-refractivity contribution in [3.8, 4) is 11.3 Å². The van der Waals surface area contributed by atoms with Crippen LogP contribution in [0.3, 0.4) is 0 Å². The van der Waals surface area contributed by atoms with Gasteiger partial charge in [0.15, 0.2) is 5.16 Å². The van der Waals surface area contributed by atoms with Crippen molar-refractivity contribution in [1.29, 1.82) is 0 Å². The molecule has 100 valence electrons. The second-order valence-electron chi connectivity index (χ2n) is 5.12. The number of nitrogens with zero attached hydrogens (tertiary/aromatic N) is 4. The SMILES string of the molecule is CSc1nccc(-c2cnn(C)c2C(C)C2CC2)n1. The zero-order chi connectivity index (χ0) is 13.4. The monoisotopic (exact) mass is 274 g/mol. The van der Waals surface area contributed by atoms with E-state index in [0.29, 0.717) is 5.92 Å². The van der Waals surface area contributed by atoms with E-state index in [0.717, 1.165) is 22.3 Å². The molecule has 2 aromatic heterocycles. The summed E-state index contributed by atoms with van der Waals surface area (Å²) in [4.78, 5) is 8.83. The van der Waals surface area contributed by atoms with Gasteiger partial charge in [-0.1, -0.05) is 18.7 Å². The van der Waals surface area contributed by atoms with Crippen molar-refractivity contribution in [1.82, 2.24) is 19.7 Å². The minimum absolute atomic E-state index is 0.551. The van der Waals surface area contributed by atoms with Crippen molar-refractivity contribution >= 4 is 11.8 Å². The molecule has 1 fully saturated rings. The summed E-state index contributed by atoms with van der Waals surface area (Å²) in [5.41, 5.74) is 3.43.